The van der Waals surface area contributed by atoms with Gasteiger partial charge in [-0.2, -0.15) is 5.26 Å². The smallest absolute Gasteiger partial charge is 0.232 e. The number of nitrogens with one attached hydrogen (secondary N) is 1. The third-order valence-electron chi connectivity index (χ3n) is 5.75. The molecule has 4 aromatic rings. The lowest BCUT2D eigenvalue weighted by Crippen LogP contribution is -2.15. The summed E-state index contributed by atoms with van der Waals surface area (Å²) < 4.78 is 35.0. The number of hydrogen-bond donors (Lipinski definition) is 1. The zero-order valence-electron chi connectivity index (χ0n) is 20.0. The Morgan fingerprint density at radius 2 is 1.71 bits per heavy atom. The maximum absolute atomic E-state index is 12.1. The molecule has 0 bridgehead atoms. The van der Waals surface area contributed by atoms with Crippen LogP contribution < -0.4 is 9.46 Å². The molecule has 4 rings (SSSR count). The van der Waals surface area contributed by atoms with Crippen LogP contribution in [0.1, 0.15) is 37.8 Å². The summed E-state index contributed by atoms with van der Waals surface area (Å²) in [6.07, 6.45) is 1.44. The number of aryl methyl sites for hydroxylation is 1. The fourth-order valence-electron chi connectivity index (χ4n) is 4.22. The second-order valence-electron chi connectivity index (χ2n) is 8.44. The molecular formula is C28H29N3O3S. The number of sulfonamides is 1. The third-order valence-corrected chi connectivity index (χ3v) is 7.24. The highest BCUT2D eigenvalue weighted by atomic mass is 32.2. The van der Waals surface area contributed by atoms with Crippen molar-refractivity contribution in [2.75, 3.05) is 10.5 Å². The first-order valence-electron chi connectivity index (χ1n) is 11.8. The molecule has 0 unspecified atom stereocenters. The average molecular weight is 488 g/mol. The average Bonchev–Trinajstić information content (AvgIpc) is 3.16. The Morgan fingerprint density at radius 3 is 2.37 bits per heavy atom. The number of rotatable bonds is 10. The standard InChI is InChI=1S/C28H29N3O3S/c1-3-16-31-27-18-24(34-20-21-8-6-5-7-9-21)14-15-25(27)26(19-29)28(31)22-10-12-23(13-11-22)30-35(32,33)17-4-2/h5-15,18,30H,3-4,16-17,20H2,1-2H3. The summed E-state index contributed by atoms with van der Waals surface area (Å²) in [6.45, 7) is 5.13. The predicted octanol–water partition coefficient (Wildman–Crippen LogP) is 6.32. The molecule has 3 aromatic carbocycles. The van der Waals surface area contributed by atoms with Gasteiger partial charge in [-0.15, -0.1) is 0 Å². The SMILES string of the molecule is CCCn1c(-c2ccc(NS(=O)(=O)CCC)cc2)c(C#N)c2ccc(OCc3ccccc3)cc21. The first-order chi connectivity index (χ1) is 17.0. The lowest BCUT2D eigenvalue weighted by atomic mass is 10.1. The summed E-state index contributed by atoms with van der Waals surface area (Å²) in [6, 6.07) is 25.4. The number of benzene rings is 3. The highest BCUT2D eigenvalue weighted by molar-refractivity contribution is 7.92. The third kappa shape index (κ3) is 5.50. The van der Waals surface area contributed by atoms with Gasteiger partial charge in [-0.3, -0.25) is 4.72 Å². The fourth-order valence-corrected chi connectivity index (χ4v) is 5.36. The van der Waals surface area contributed by atoms with Crippen LogP contribution in [0, 0.1) is 11.3 Å². The van der Waals surface area contributed by atoms with E-state index in [9.17, 15) is 13.7 Å². The molecule has 180 valence electrons. The van der Waals surface area contributed by atoms with Gasteiger partial charge in [0.05, 0.1) is 22.5 Å². The largest absolute Gasteiger partial charge is 0.489 e. The minimum atomic E-state index is -3.36. The van der Waals surface area contributed by atoms with Crippen LogP contribution in [0.15, 0.2) is 72.8 Å². The fraction of sp³-hybridized carbons (Fsp3) is 0.250. The quantitative estimate of drug-likeness (QED) is 0.284. The summed E-state index contributed by atoms with van der Waals surface area (Å²) in [5, 5.41) is 10.9. The summed E-state index contributed by atoms with van der Waals surface area (Å²) >= 11 is 0. The molecule has 35 heavy (non-hydrogen) atoms. The molecule has 0 atom stereocenters. The molecule has 0 radical (unpaired) electrons. The van der Waals surface area contributed by atoms with Crippen molar-refractivity contribution in [2.24, 2.45) is 0 Å². The topological polar surface area (TPSA) is 84.1 Å². The molecule has 0 aliphatic carbocycles. The number of fused-ring (bicyclic) bond motifs is 1. The van der Waals surface area contributed by atoms with Gasteiger partial charge in [-0.05, 0) is 48.2 Å². The van der Waals surface area contributed by atoms with Gasteiger partial charge < -0.3 is 9.30 Å². The lowest BCUT2D eigenvalue weighted by molar-refractivity contribution is 0.306. The van der Waals surface area contributed by atoms with Crippen molar-refractivity contribution in [2.45, 2.75) is 39.8 Å². The van der Waals surface area contributed by atoms with Crippen LogP contribution in [0.2, 0.25) is 0 Å². The lowest BCUT2D eigenvalue weighted by Gasteiger charge is -2.12. The van der Waals surface area contributed by atoms with Gasteiger partial charge in [0, 0.05) is 23.7 Å². The summed E-state index contributed by atoms with van der Waals surface area (Å²) in [5.74, 6) is 0.820. The van der Waals surface area contributed by atoms with Gasteiger partial charge >= 0.3 is 0 Å². The van der Waals surface area contributed by atoms with Crippen LogP contribution in [0.3, 0.4) is 0 Å². The normalized spacial score (nSPS) is 11.3. The van der Waals surface area contributed by atoms with Gasteiger partial charge in [-0.25, -0.2) is 8.42 Å². The van der Waals surface area contributed by atoms with Crippen LogP contribution >= 0.6 is 0 Å². The second-order valence-corrected chi connectivity index (χ2v) is 10.3. The van der Waals surface area contributed by atoms with E-state index in [0.717, 1.165) is 46.4 Å². The maximum atomic E-state index is 12.1. The molecule has 1 aromatic heterocycles. The minimum Gasteiger partial charge on any atom is -0.489 e. The molecule has 0 fully saturated rings. The Labute approximate surface area is 206 Å². The highest BCUT2D eigenvalue weighted by Gasteiger charge is 2.19. The van der Waals surface area contributed by atoms with Crippen molar-refractivity contribution >= 4 is 26.6 Å². The number of aromatic nitrogens is 1. The Balaban J connectivity index is 1.71. The Kier molecular flexibility index (Phi) is 7.42. The van der Waals surface area contributed by atoms with E-state index in [1.54, 1.807) is 12.1 Å². The van der Waals surface area contributed by atoms with Crippen molar-refractivity contribution < 1.29 is 13.2 Å². The highest BCUT2D eigenvalue weighted by Crippen LogP contribution is 2.36. The molecule has 1 heterocycles. The van der Waals surface area contributed by atoms with Gasteiger partial charge in [0.15, 0.2) is 0 Å². The van der Waals surface area contributed by atoms with Crippen LogP contribution in [0.4, 0.5) is 5.69 Å². The van der Waals surface area contributed by atoms with Gasteiger partial charge in [0.25, 0.3) is 0 Å². The molecule has 0 aliphatic heterocycles. The van der Waals surface area contributed by atoms with Crippen LogP contribution in [-0.4, -0.2) is 18.7 Å². The molecule has 0 amide bonds. The van der Waals surface area contributed by atoms with E-state index in [0.29, 0.717) is 24.3 Å². The summed E-state index contributed by atoms with van der Waals surface area (Å²) in [4.78, 5) is 0. The monoisotopic (exact) mass is 487 g/mol. The van der Waals surface area contributed by atoms with E-state index >= 15 is 0 Å². The van der Waals surface area contributed by atoms with E-state index in [4.69, 9.17) is 4.74 Å². The van der Waals surface area contributed by atoms with Crippen molar-refractivity contribution in [3.05, 3.63) is 83.9 Å². The molecule has 0 saturated heterocycles. The van der Waals surface area contributed by atoms with Crippen molar-refractivity contribution in [1.29, 1.82) is 5.26 Å². The molecular weight excluding hydrogens is 458 g/mol. The molecule has 0 aliphatic rings. The first kappa shape index (κ1) is 24.4. The first-order valence-corrected chi connectivity index (χ1v) is 13.4. The van der Waals surface area contributed by atoms with E-state index in [2.05, 4.69) is 22.3 Å². The molecule has 7 heteroatoms. The Bertz CT molecular complexity index is 1450. The Morgan fingerprint density at radius 1 is 0.971 bits per heavy atom. The predicted molar refractivity (Wildman–Crippen MR) is 141 cm³/mol. The number of ether oxygens (including phenoxy) is 1. The second kappa shape index (κ2) is 10.7. The van der Waals surface area contributed by atoms with E-state index < -0.39 is 10.0 Å². The minimum absolute atomic E-state index is 0.0761. The zero-order chi connectivity index (χ0) is 24.8. The molecule has 1 N–H and O–H groups in total. The maximum Gasteiger partial charge on any atom is 0.232 e. The van der Waals surface area contributed by atoms with Crippen LogP contribution in [0.25, 0.3) is 22.2 Å². The van der Waals surface area contributed by atoms with E-state index in [1.807, 2.05) is 67.6 Å². The molecule has 6 nitrogen and oxygen atoms in total. The van der Waals surface area contributed by atoms with Crippen molar-refractivity contribution in [3.8, 4) is 23.1 Å². The van der Waals surface area contributed by atoms with Gasteiger partial charge in [-0.1, -0.05) is 56.3 Å². The Hall–Kier alpha value is -3.76. The number of hydrogen-bond acceptors (Lipinski definition) is 4. The number of anilines is 1. The van der Waals surface area contributed by atoms with Crippen LogP contribution in [0.5, 0.6) is 5.75 Å². The van der Waals surface area contributed by atoms with Crippen molar-refractivity contribution in [1.82, 2.24) is 4.57 Å². The van der Waals surface area contributed by atoms with Crippen molar-refractivity contribution in [3.63, 3.8) is 0 Å². The summed E-state index contributed by atoms with van der Waals surface area (Å²) in [5.41, 5.74) is 4.82. The van der Waals surface area contributed by atoms with E-state index in [-0.39, 0.29) is 5.75 Å². The van der Waals surface area contributed by atoms with E-state index in [1.165, 1.54) is 0 Å². The zero-order valence-corrected chi connectivity index (χ0v) is 20.8. The van der Waals surface area contributed by atoms with Gasteiger partial charge in [0.2, 0.25) is 10.0 Å². The summed E-state index contributed by atoms with van der Waals surface area (Å²) in [7, 11) is -3.36. The number of nitriles is 1. The molecule has 0 saturated carbocycles. The number of nitrogens with zero attached hydrogens (tertiary/aromatic N) is 2. The van der Waals surface area contributed by atoms with Crippen LogP contribution in [-0.2, 0) is 23.2 Å². The molecule has 0 spiro atoms. The van der Waals surface area contributed by atoms with Gasteiger partial charge in [0.1, 0.15) is 18.4 Å².